The van der Waals surface area contributed by atoms with Gasteiger partial charge in [0.15, 0.2) is 16.5 Å². The highest BCUT2D eigenvalue weighted by Gasteiger charge is 2.15. The second kappa shape index (κ2) is 8.54. The predicted molar refractivity (Wildman–Crippen MR) is 106 cm³/mol. The van der Waals surface area contributed by atoms with Gasteiger partial charge in [-0.15, -0.1) is 10.2 Å². The number of carbonyl (C=O) groups is 1. The number of nitrogens with one attached hydrogen (secondary N) is 3. The van der Waals surface area contributed by atoms with Gasteiger partial charge in [0.05, 0.1) is 11.4 Å². The van der Waals surface area contributed by atoms with E-state index in [4.69, 9.17) is 12.2 Å². The van der Waals surface area contributed by atoms with E-state index in [0.717, 1.165) is 18.5 Å². The van der Waals surface area contributed by atoms with Crippen LogP contribution in [0.4, 0.5) is 0 Å². The van der Waals surface area contributed by atoms with Gasteiger partial charge in [0, 0.05) is 12.6 Å². The van der Waals surface area contributed by atoms with Crippen molar-refractivity contribution in [1.82, 2.24) is 36.0 Å². The lowest BCUT2D eigenvalue weighted by molar-refractivity contribution is 0.0936. The molecule has 3 N–H and O–H groups in total. The lowest BCUT2D eigenvalue weighted by Gasteiger charge is -2.12. The molecule has 3 aromatic rings. The molecule has 0 unspecified atom stereocenters. The lowest BCUT2D eigenvalue weighted by Crippen LogP contribution is -2.47. The molecule has 8 nitrogen and oxygen atoms in total. The van der Waals surface area contributed by atoms with Gasteiger partial charge in [-0.2, -0.15) is 5.10 Å². The van der Waals surface area contributed by atoms with Crippen LogP contribution in [-0.4, -0.2) is 37.4 Å². The Balaban J connectivity index is 1.46. The van der Waals surface area contributed by atoms with Crippen molar-refractivity contribution in [2.45, 2.75) is 26.7 Å². The number of aromatic nitrogens is 4. The third kappa shape index (κ3) is 4.76. The summed E-state index contributed by atoms with van der Waals surface area (Å²) in [6.45, 7) is 4.33. The molecule has 0 aliphatic heterocycles. The van der Waals surface area contributed by atoms with Crippen LogP contribution in [-0.2, 0) is 6.42 Å². The Labute approximate surface area is 162 Å². The number of fused-ring (bicyclic) bond motifs is 1. The molecule has 1 amide bonds. The molecule has 0 saturated heterocycles. The van der Waals surface area contributed by atoms with Crippen LogP contribution in [0.25, 0.3) is 5.65 Å². The monoisotopic (exact) mass is 383 g/mol. The molecule has 2 aromatic heterocycles. The number of thiocarbonyl (C=S) groups is 1. The number of hydrogen-bond acceptors (Lipinski definition) is 5. The zero-order chi connectivity index (χ0) is 19.2. The normalized spacial score (nSPS) is 10.6. The second-order valence-electron chi connectivity index (χ2n) is 6.11. The van der Waals surface area contributed by atoms with Crippen LogP contribution in [0.1, 0.15) is 33.9 Å². The first-order chi connectivity index (χ1) is 13.0. The van der Waals surface area contributed by atoms with Crippen LogP contribution in [0.2, 0.25) is 0 Å². The van der Waals surface area contributed by atoms with Gasteiger partial charge >= 0.3 is 0 Å². The number of hydrogen-bond donors (Lipinski definition) is 3. The molecule has 0 aliphatic carbocycles. The zero-order valence-corrected chi connectivity index (χ0v) is 16.0. The minimum atomic E-state index is -0.427. The molecule has 2 heterocycles. The van der Waals surface area contributed by atoms with Crippen LogP contribution < -0.4 is 16.2 Å². The largest absolute Gasteiger partial charge is 0.361 e. The number of nitrogens with zero attached hydrogens (tertiary/aromatic N) is 4. The summed E-state index contributed by atoms with van der Waals surface area (Å²) in [6, 6.07) is 12.0. The van der Waals surface area contributed by atoms with Gasteiger partial charge < -0.3 is 5.32 Å². The SMILES string of the molecule is Cc1cc2nnc(C(=O)NNC(=S)NCCCc3ccccc3)c(C)n2n1. The molecular weight excluding hydrogens is 362 g/mol. The maximum absolute atomic E-state index is 12.3. The van der Waals surface area contributed by atoms with E-state index < -0.39 is 5.91 Å². The number of amides is 1. The molecule has 1 aromatic carbocycles. The maximum Gasteiger partial charge on any atom is 0.292 e. The van der Waals surface area contributed by atoms with Crippen LogP contribution >= 0.6 is 12.2 Å². The average molecular weight is 383 g/mol. The van der Waals surface area contributed by atoms with Crippen molar-refractivity contribution in [3.05, 3.63) is 59.0 Å². The molecule has 0 atom stereocenters. The number of carbonyl (C=O) groups excluding carboxylic acids is 1. The Kier molecular flexibility index (Phi) is 5.92. The Morgan fingerprint density at radius 3 is 2.70 bits per heavy atom. The molecule has 9 heteroatoms. The summed E-state index contributed by atoms with van der Waals surface area (Å²) in [6.07, 6.45) is 1.89. The van der Waals surface area contributed by atoms with E-state index in [1.54, 1.807) is 17.5 Å². The molecule has 0 bridgehead atoms. The Morgan fingerprint density at radius 1 is 1.15 bits per heavy atom. The first-order valence-corrected chi connectivity index (χ1v) is 9.03. The molecule has 0 radical (unpaired) electrons. The lowest BCUT2D eigenvalue weighted by atomic mass is 10.1. The van der Waals surface area contributed by atoms with Crippen molar-refractivity contribution in [3.63, 3.8) is 0 Å². The molecule has 3 rings (SSSR count). The number of rotatable bonds is 5. The van der Waals surface area contributed by atoms with Gasteiger partial charge in [0.2, 0.25) is 0 Å². The van der Waals surface area contributed by atoms with E-state index in [-0.39, 0.29) is 5.69 Å². The maximum atomic E-state index is 12.3. The van der Waals surface area contributed by atoms with Gasteiger partial charge in [-0.1, -0.05) is 30.3 Å². The summed E-state index contributed by atoms with van der Waals surface area (Å²) in [5.41, 5.74) is 8.70. The molecule has 0 aliphatic rings. The van der Waals surface area contributed by atoms with E-state index in [0.29, 0.717) is 23.0 Å². The third-order valence-corrected chi connectivity index (χ3v) is 4.25. The fourth-order valence-corrected chi connectivity index (χ4v) is 2.80. The average Bonchev–Trinajstić information content (AvgIpc) is 3.06. The summed E-state index contributed by atoms with van der Waals surface area (Å²) < 4.78 is 1.59. The summed E-state index contributed by atoms with van der Waals surface area (Å²) in [7, 11) is 0. The summed E-state index contributed by atoms with van der Waals surface area (Å²) in [5.74, 6) is -0.427. The smallest absolute Gasteiger partial charge is 0.292 e. The van der Waals surface area contributed by atoms with E-state index in [1.807, 2.05) is 25.1 Å². The van der Waals surface area contributed by atoms with Crippen LogP contribution in [0, 0.1) is 13.8 Å². The van der Waals surface area contributed by atoms with Crippen LogP contribution in [0.3, 0.4) is 0 Å². The van der Waals surface area contributed by atoms with Crippen LogP contribution in [0.15, 0.2) is 36.4 Å². The van der Waals surface area contributed by atoms with Crippen molar-refractivity contribution < 1.29 is 4.79 Å². The fraction of sp³-hybridized carbons (Fsp3) is 0.278. The van der Waals surface area contributed by atoms with Crippen molar-refractivity contribution in [3.8, 4) is 0 Å². The second-order valence-corrected chi connectivity index (χ2v) is 6.52. The zero-order valence-electron chi connectivity index (χ0n) is 15.2. The molecule has 27 heavy (non-hydrogen) atoms. The minimum absolute atomic E-state index is 0.185. The Bertz CT molecular complexity index is 955. The van der Waals surface area contributed by atoms with Gasteiger partial charge in [0.1, 0.15) is 0 Å². The van der Waals surface area contributed by atoms with Crippen molar-refractivity contribution in [2.75, 3.05) is 6.54 Å². The first-order valence-electron chi connectivity index (χ1n) is 8.62. The summed E-state index contributed by atoms with van der Waals surface area (Å²) >= 11 is 5.18. The Hall–Kier alpha value is -3.07. The van der Waals surface area contributed by atoms with Crippen molar-refractivity contribution in [2.24, 2.45) is 0 Å². The molecule has 0 fully saturated rings. The van der Waals surface area contributed by atoms with Gasteiger partial charge in [0.25, 0.3) is 5.91 Å². The molecule has 140 valence electrons. The number of hydrazine groups is 1. The van der Waals surface area contributed by atoms with Crippen molar-refractivity contribution >= 4 is 28.9 Å². The standard InChI is InChI=1S/C18H21N7OS/c1-12-11-15-20-21-16(13(2)25(15)24-12)17(26)22-23-18(27)19-10-6-9-14-7-4-3-5-8-14/h3-5,7-8,11H,6,9-10H2,1-2H3,(H,22,26)(H2,19,23,27). The topological polar surface area (TPSA) is 96.2 Å². The van der Waals surface area contributed by atoms with E-state index in [1.165, 1.54) is 5.56 Å². The highest BCUT2D eigenvalue weighted by molar-refractivity contribution is 7.80. The van der Waals surface area contributed by atoms with Crippen LogP contribution in [0.5, 0.6) is 0 Å². The Morgan fingerprint density at radius 2 is 1.93 bits per heavy atom. The molecular formula is C18H21N7OS. The van der Waals surface area contributed by atoms with Gasteiger partial charge in [-0.05, 0) is 44.5 Å². The summed E-state index contributed by atoms with van der Waals surface area (Å²) in [4.78, 5) is 12.3. The van der Waals surface area contributed by atoms with E-state index in [9.17, 15) is 4.79 Å². The minimum Gasteiger partial charge on any atom is -0.361 e. The van der Waals surface area contributed by atoms with E-state index >= 15 is 0 Å². The highest BCUT2D eigenvalue weighted by Crippen LogP contribution is 2.08. The first kappa shape index (κ1) is 18.7. The fourth-order valence-electron chi connectivity index (χ4n) is 2.64. The van der Waals surface area contributed by atoms with Crippen molar-refractivity contribution in [1.29, 1.82) is 0 Å². The predicted octanol–water partition coefficient (Wildman–Crippen LogP) is 1.48. The third-order valence-electron chi connectivity index (χ3n) is 4.00. The van der Waals surface area contributed by atoms with E-state index in [2.05, 4.69) is 43.6 Å². The quantitative estimate of drug-likeness (QED) is 0.349. The highest BCUT2D eigenvalue weighted by atomic mass is 32.1. The van der Waals surface area contributed by atoms with Gasteiger partial charge in [-0.25, -0.2) is 4.52 Å². The molecule has 0 spiro atoms. The molecule has 0 saturated carbocycles. The number of aryl methyl sites for hydroxylation is 3. The van der Waals surface area contributed by atoms with Gasteiger partial charge in [-0.3, -0.25) is 15.6 Å². The number of benzene rings is 1. The summed E-state index contributed by atoms with van der Waals surface area (Å²) in [5, 5.41) is 15.7.